The van der Waals surface area contributed by atoms with Crippen LogP contribution in [0.25, 0.3) is 0 Å². The molecule has 0 atom stereocenters. The van der Waals surface area contributed by atoms with Gasteiger partial charge in [0.25, 0.3) is 0 Å². The number of carbonyl (C=O) groups is 1. The molecule has 1 heterocycles. The number of piperidine rings is 1. The van der Waals surface area contributed by atoms with Crippen LogP contribution in [0.15, 0.2) is 12.1 Å². The summed E-state index contributed by atoms with van der Waals surface area (Å²) in [7, 11) is 0. The molecule has 1 saturated heterocycles. The van der Waals surface area contributed by atoms with Crippen LogP contribution in [-0.2, 0) is 0 Å². The van der Waals surface area contributed by atoms with Crippen molar-refractivity contribution in [2.45, 2.75) is 40.0 Å². The summed E-state index contributed by atoms with van der Waals surface area (Å²) < 4.78 is 0. The second-order valence-electron chi connectivity index (χ2n) is 5.29. The maximum Gasteiger partial charge on any atom is 0.237 e. The lowest BCUT2D eigenvalue weighted by molar-refractivity contribution is 0.105. The first-order valence-electron chi connectivity index (χ1n) is 6.97. The molecule has 0 aromatic heterocycles. The van der Waals surface area contributed by atoms with E-state index in [1.54, 1.807) is 0 Å². The summed E-state index contributed by atoms with van der Waals surface area (Å²) in [5.41, 5.74) is 4.20. The van der Waals surface area contributed by atoms with Gasteiger partial charge < -0.3 is 4.90 Å². The molecule has 2 rings (SSSR count). The van der Waals surface area contributed by atoms with Crippen molar-refractivity contribution in [3.63, 3.8) is 0 Å². The van der Waals surface area contributed by atoms with Gasteiger partial charge in [-0.1, -0.05) is 6.07 Å². The van der Waals surface area contributed by atoms with Crippen LogP contribution in [0.3, 0.4) is 0 Å². The molecule has 0 radical (unpaired) electrons. The van der Waals surface area contributed by atoms with Crippen LogP contribution in [0.4, 0.5) is 0 Å². The second kappa shape index (κ2) is 5.93. The van der Waals surface area contributed by atoms with Crippen LogP contribution in [0.5, 0.6) is 0 Å². The first-order chi connectivity index (χ1) is 9.09. The summed E-state index contributed by atoms with van der Waals surface area (Å²) >= 11 is 0. The molecule has 1 aromatic carbocycles. The number of hydrogen-bond acceptors (Lipinski definition) is 2. The lowest BCUT2D eigenvalue weighted by atomic mass is 9.96. The van der Waals surface area contributed by atoms with Gasteiger partial charge in [0.2, 0.25) is 5.78 Å². The number of nitrogens with zero attached hydrogens (tertiary/aromatic N) is 1. The molecular formula is C17H21NO. The molecular weight excluding hydrogens is 234 g/mol. The Kier molecular flexibility index (Phi) is 4.27. The number of Topliss-reactive ketones (excluding diaryl/α,β-unsaturated/α-hetero) is 1. The highest BCUT2D eigenvalue weighted by atomic mass is 16.1. The van der Waals surface area contributed by atoms with Gasteiger partial charge in [0.15, 0.2) is 0 Å². The van der Waals surface area contributed by atoms with Crippen molar-refractivity contribution in [2.75, 3.05) is 13.1 Å². The number of likely N-dealkylation sites (tertiary alicyclic amines) is 1. The lowest BCUT2D eigenvalue weighted by Gasteiger charge is -2.21. The number of ketones is 1. The molecule has 0 spiro atoms. The standard InChI is InChI=1S/C17H21NO/c1-13-7-8-16(15(3)14(13)2)17(19)9-12-18-10-5-4-6-11-18/h7-8H,4-6,10-11H2,1-3H3. The molecule has 0 N–H and O–H groups in total. The summed E-state index contributed by atoms with van der Waals surface area (Å²) in [6.45, 7) is 8.10. The highest BCUT2D eigenvalue weighted by molar-refractivity contribution is 6.10. The Hall–Kier alpha value is -1.75. The quantitative estimate of drug-likeness (QED) is 0.567. The van der Waals surface area contributed by atoms with E-state index < -0.39 is 0 Å². The minimum Gasteiger partial charge on any atom is -0.332 e. The molecule has 0 amide bonds. The summed E-state index contributed by atoms with van der Waals surface area (Å²) in [6.07, 6.45) is 3.65. The Bertz CT molecular complexity index is 542. The number of hydrogen-bond donors (Lipinski definition) is 0. The summed E-state index contributed by atoms with van der Waals surface area (Å²) in [6, 6.07) is 6.91. The van der Waals surface area contributed by atoms with Crippen molar-refractivity contribution < 1.29 is 4.79 Å². The van der Waals surface area contributed by atoms with Gasteiger partial charge in [0.05, 0.1) is 0 Å². The normalized spacial score (nSPS) is 14.8. The summed E-state index contributed by atoms with van der Waals surface area (Å²) in [4.78, 5) is 14.2. The molecule has 0 aliphatic carbocycles. The molecule has 2 heteroatoms. The predicted molar refractivity (Wildman–Crippen MR) is 78.2 cm³/mol. The van der Waals surface area contributed by atoms with E-state index in [0.29, 0.717) is 0 Å². The first-order valence-corrected chi connectivity index (χ1v) is 6.97. The zero-order chi connectivity index (χ0) is 13.8. The van der Waals surface area contributed by atoms with Gasteiger partial charge in [-0.2, -0.15) is 0 Å². The van der Waals surface area contributed by atoms with E-state index in [9.17, 15) is 4.79 Å². The Labute approximate surface area is 115 Å². The van der Waals surface area contributed by atoms with Gasteiger partial charge in [0, 0.05) is 24.7 Å². The average molecular weight is 255 g/mol. The van der Waals surface area contributed by atoms with Gasteiger partial charge in [-0.15, -0.1) is 0 Å². The van der Waals surface area contributed by atoms with E-state index in [4.69, 9.17) is 0 Å². The van der Waals surface area contributed by atoms with Gasteiger partial charge in [-0.05, 0) is 68.7 Å². The first kappa shape index (κ1) is 13.7. The van der Waals surface area contributed by atoms with E-state index in [1.807, 2.05) is 19.1 Å². The van der Waals surface area contributed by atoms with E-state index in [2.05, 4.69) is 30.7 Å². The fourth-order valence-electron chi connectivity index (χ4n) is 2.40. The van der Waals surface area contributed by atoms with Gasteiger partial charge in [-0.25, -0.2) is 0 Å². The largest absolute Gasteiger partial charge is 0.332 e. The van der Waals surface area contributed by atoms with Crippen LogP contribution in [-0.4, -0.2) is 23.8 Å². The van der Waals surface area contributed by atoms with Crippen molar-refractivity contribution in [3.05, 3.63) is 34.4 Å². The fraction of sp³-hybridized carbons (Fsp3) is 0.471. The Morgan fingerprint density at radius 3 is 2.42 bits per heavy atom. The topological polar surface area (TPSA) is 20.3 Å². The van der Waals surface area contributed by atoms with Crippen LogP contribution in [0, 0.1) is 32.7 Å². The van der Waals surface area contributed by atoms with Crippen LogP contribution in [0.1, 0.15) is 46.3 Å². The van der Waals surface area contributed by atoms with Gasteiger partial charge in [-0.3, -0.25) is 4.79 Å². The van der Waals surface area contributed by atoms with Crippen molar-refractivity contribution in [2.24, 2.45) is 0 Å². The molecule has 1 fully saturated rings. The highest BCUT2D eigenvalue weighted by Crippen LogP contribution is 2.17. The third-order valence-electron chi connectivity index (χ3n) is 3.99. The molecule has 19 heavy (non-hydrogen) atoms. The maximum atomic E-state index is 12.2. The van der Waals surface area contributed by atoms with Gasteiger partial charge in [0.1, 0.15) is 0 Å². The Balaban J connectivity index is 2.16. The molecule has 1 aromatic rings. The van der Waals surface area contributed by atoms with E-state index in [1.165, 1.54) is 30.4 Å². The number of rotatable bonds is 1. The van der Waals surface area contributed by atoms with E-state index >= 15 is 0 Å². The zero-order valence-electron chi connectivity index (χ0n) is 12.0. The fourth-order valence-corrected chi connectivity index (χ4v) is 2.40. The third-order valence-corrected chi connectivity index (χ3v) is 3.99. The predicted octanol–water partition coefficient (Wildman–Crippen LogP) is 3.24. The Morgan fingerprint density at radius 1 is 1.05 bits per heavy atom. The van der Waals surface area contributed by atoms with Gasteiger partial charge >= 0.3 is 0 Å². The molecule has 2 nitrogen and oxygen atoms in total. The van der Waals surface area contributed by atoms with E-state index in [-0.39, 0.29) is 5.78 Å². The molecule has 1 aliphatic rings. The molecule has 1 aliphatic heterocycles. The minimum absolute atomic E-state index is 0.0637. The van der Waals surface area contributed by atoms with Crippen molar-refractivity contribution in [1.29, 1.82) is 0 Å². The SMILES string of the molecule is Cc1ccc(C(=O)C#CN2CCCCC2)c(C)c1C. The van der Waals surface area contributed by atoms with Crippen molar-refractivity contribution in [3.8, 4) is 12.0 Å². The molecule has 0 bridgehead atoms. The summed E-state index contributed by atoms with van der Waals surface area (Å²) in [5, 5.41) is 0. The second-order valence-corrected chi connectivity index (χ2v) is 5.29. The number of aryl methyl sites for hydroxylation is 1. The lowest BCUT2D eigenvalue weighted by Crippen LogP contribution is -2.25. The molecule has 100 valence electrons. The van der Waals surface area contributed by atoms with E-state index in [0.717, 1.165) is 24.2 Å². The third kappa shape index (κ3) is 3.17. The minimum atomic E-state index is -0.0637. The van der Waals surface area contributed by atoms with Crippen molar-refractivity contribution in [1.82, 2.24) is 4.90 Å². The number of carbonyl (C=O) groups excluding carboxylic acids is 1. The summed E-state index contributed by atoms with van der Waals surface area (Å²) in [5.74, 6) is 2.73. The highest BCUT2D eigenvalue weighted by Gasteiger charge is 2.10. The van der Waals surface area contributed by atoms with Crippen LogP contribution >= 0.6 is 0 Å². The molecule has 0 saturated carbocycles. The van der Waals surface area contributed by atoms with Crippen LogP contribution in [0.2, 0.25) is 0 Å². The average Bonchev–Trinajstić information content (AvgIpc) is 2.43. The zero-order valence-corrected chi connectivity index (χ0v) is 12.0. The maximum absolute atomic E-state index is 12.2. The van der Waals surface area contributed by atoms with Crippen LogP contribution < -0.4 is 0 Å². The number of benzene rings is 1. The monoisotopic (exact) mass is 255 g/mol. The molecule has 0 unspecified atom stereocenters. The smallest absolute Gasteiger partial charge is 0.237 e. The Morgan fingerprint density at radius 2 is 1.74 bits per heavy atom. The van der Waals surface area contributed by atoms with Crippen molar-refractivity contribution >= 4 is 5.78 Å².